The van der Waals surface area contributed by atoms with Gasteiger partial charge in [0.1, 0.15) is 0 Å². The predicted octanol–water partition coefficient (Wildman–Crippen LogP) is 0.611. The number of hydrogen-bond donors (Lipinski definition) is 2. The Balaban J connectivity index is 2.28. The van der Waals surface area contributed by atoms with Crippen LogP contribution in [0.4, 0.5) is 0 Å². The summed E-state index contributed by atoms with van der Waals surface area (Å²) in [5.74, 6) is -0.662. The number of sulfone groups is 1. The van der Waals surface area contributed by atoms with E-state index in [9.17, 15) is 13.5 Å². The summed E-state index contributed by atoms with van der Waals surface area (Å²) in [7, 11) is 0.907. The summed E-state index contributed by atoms with van der Waals surface area (Å²) >= 11 is 0. The summed E-state index contributed by atoms with van der Waals surface area (Å²) in [5, 5.41) is 19.0. The zero-order valence-corrected chi connectivity index (χ0v) is 17.2. The molecule has 0 spiro atoms. The van der Waals surface area contributed by atoms with E-state index in [0.29, 0.717) is 6.42 Å². The van der Waals surface area contributed by atoms with Crippen LogP contribution in [-0.2, 0) is 28.8 Å². The Hall–Kier alpha value is -1.07. The molecule has 1 heterocycles. The number of rotatable bonds is 11. The zero-order valence-electron chi connectivity index (χ0n) is 16.4. The summed E-state index contributed by atoms with van der Waals surface area (Å²) < 4.78 is 48.0. The van der Waals surface area contributed by atoms with Crippen molar-refractivity contribution in [2.75, 3.05) is 33.7 Å². The molecule has 1 saturated heterocycles. The molecule has 2 N–H and O–H groups in total. The van der Waals surface area contributed by atoms with Gasteiger partial charge in [0.2, 0.25) is 0 Å². The highest BCUT2D eigenvalue weighted by molar-refractivity contribution is 7.91. The zero-order chi connectivity index (χ0) is 20.7. The number of ether oxygens (including phenoxy) is 4. The fourth-order valence-electron chi connectivity index (χ4n) is 3.64. The second-order valence-corrected chi connectivity index (χ2v) is 8.91. The maximum atomic E-state index is 12.9. The molecule has 1 aromatic carbocycles. The Morgan fingerprint density at radius 1 is 1.07 bits per heavy atom. The van der Waals surface area contributed by atoms with Crippen LogP contribution in [0.3, 0.4) is 0 Å². The highest BCUT2D eigenvalue weighted by Crippen LogP contribution is 2.36. The fraction of sp³-hybridized carbons (Fsp3) is 0.684. The molecule has 0 radical (unpaired) electrons. The molecule has 5 atom stereocenters. The fourth-order valence-corrected chi connectivity index (χ4v) is 5.31. The van der Waals surface area contributed by atoms with Gasteiger partial charge in [-0.15, -0.1) is 0 Å². The molecule has 28 heavy (non-hydrogen) atoms. The first-order valence-corrected chi connectivity index (χ1v) is 10.8. The molecule has 9 heteroatoms. The van der Waals surface area contributed by atoms with Crippen molar-refractivity contribution in [1.82, 2.24) is 0 Å². The SMILES string of the molecule is COC(C[C@@H]1O[C@H](CC(O)CO)[C@H](OC)[C@H]1CS(=O)(=O)c1ccccc1)OC. The van der Waals surface area contributed by atoms with E-state index in [1.165, 1.54) is 21.3 Å². The van der Waals surface area contributed by atoms with Gasteiger partial charge < -0.3 is 29.2 Å². The van der Waals surface area contributed by atoms with E-state index in [0.717, 1.165) is 0 Å². The average Bonchev–Trinajstić information content (AvgIpc) is 3.01. The van der Waals surface area contributed by atoms with Crippen LogP contribution < -0.4 is 0 Å². The molecule has 1 fully saturated rings. The maximum absolute atomic E-state index is 12.9. The molecule has 0 amide bonds. The second-order valence-electron chi connectivity index (χ2n) is 6.88. The second kappa shape index (κ2) is 10.6. The third-order valence-corrected chi connectivity index (χ3v) is 6.88. The molecule has 1 aliphatic rings. The monoisotopic (exact) mass is 418 g/mol. The van der Waals surface area contributed by atoms with Crippen molar-refractivity contribution >= 4 is 9.84 Å². The molecule has 0 aromatic heterocycles. The molecular weight excluding hydrogens is 388 g/mol. The summed E-state index contributed by atoms with van der Waals surface area (Å²) in [6.45, 7) is -0.410. The summed E-state index contributed by atoms with van der Waals surface area (Å²) in [4.78, 5) is 0.234. The van der Waals surface area contributed by atoms with Crippen molar-refractivity contribution in [3.63, 3.8) is 0 Å². The number of aliphatic hydroxyl groups excluding tert-OH is 2. The van der Waals surface area contributed by atoms with E-state index < -0.39 is 53.1 Å². The highest BCUT2D eigenvalue weighted by atomic mass is 32.2. The topological polar surface area (TPSA) is 112 Å². The standard InChI is InChI=1S/C19H30O8S/c1-24-18(25-2)10-16-15(12-28(22,23)14-7-5-4-6-8-14)19(26-3)17(27-16)9-13(21)11-20/h4-8,13,15-21H,9-12H2,1-3H3/t13?,15-,16-,17+,19+/m0/s1. The van der Waals surface area contributed by atoms with E-state index in [-0.39, 0.29) is 17.1 Å². The van der Waals surface area contributed by atoms with Gasteiger partial charge in [-0.1, -0.05) is 18.2 Å². The first-order valence-electron chi connectivity index (χ1n) is 9.16. The number of aliphatic hydroxyl groups is 2. The van der Waals surface area contributed by atoms with Gasteiger partial charge in [-0.3, -0.25) is 0 Å². The molecule has 1 aliphatic heterocycles. The Kier molecular flexibility index (Phi) is 8.81. The molecular formula is C19H30O8S. The van der Waals surface area contributed by atoms with Gasteiger partial charge in [-0.05, 0) is 12.1 Å². The summed E-state index contributed by atoms with van der Waals surface area (Å²) in [6.07, 6.45) is -2.71. The smallest absolute Gasteiger partial charge is 0.178 e. The van der Waals surface area contributed by atoms with E-state index in [1.807, 2.05) is 0 Å². The van der Waals surface area contributed by atoms with Crippen molar-refractivity contribution in [3.8, 4) is 0 Å². The number of hydrogen-bond acceptors (Lipinski definition) is 8. The third-order valence-electron chi connectivity index (χ3n) is 5.07. The minimum atomic E-state index is -3.58. The largest absolute Gasteiger partial charge is 0.394 e. The van der Waals surface area contributed by atoms with Gasteiger partial charge in [0.25, 0.3) is 0 Å². The van der Waals surface area contributed by atoms with Gasteiger partial charge in [-0.25, -0.2) is 8.42 Å². The molecule has 1 aromatic rings. The van der Waals surface area contributed by atoms with Crippen LogP contribution in [0.15, 0.2) is 35.2 Å². The molecule has 8 nitrogen and oxygen atoms in total. The number of benzene rings is 1. The van der Waals surface area contributed by atoms with Crippen molar-refractivity contribution in [2.24, 2.45) is 5.92 Å². The Morgan fingerprint density at radius 3 is 2.25 bits per heavy atom. The Morgan fingerprint density at radius 2 is 1.71 bits per heavy atom. The Bertz CT molecular complexity index is 676. The average molecular weight is 419 g/mol. The minimum absolute atomic E-state index is 0.137. The molecule has 0 saturated carbocycles. The summed E-state index contributed by atoms with van der Waals surface area (Å²) in [6, 6.07) is 8.22. The lowest BCUT2D eigenvalue weighted by Gasteiger charge is -2.25. The van der Waals surface area contributed by atoms with Crippen LogP contribution >= 0.6 is 0 Å². The highest BCUT2D eigenvalue weighted by Gasteiger charge is 2.47. The molecule has 2 rings (SSSR count). The lowest BCUT2D eigenvalue weighted by molar-refractivity contribution is -0.132. The van der Waals surface area contributed by atoms with E-state index in [2.05, 4.69) is 0 Å². The van der Waals surface area contributed by atoms with Gasteiger partial charge >= 0.3 is 0 Å². The van der Waals surface area contributed by atoms with Crippen molar-refractivity contribution in [3.05, 3.63) is 30.3 Å². The minimum Gasteiger partial charge on any atom is -0.394 e. The Labute approximate surface area is 166 Å². The lowest BCUT2D eigenvalue weighted by Crippen LogP contribution is -2.37. The van der Waals surface area contributed by atoms with E-state index in [1.54, 1.807) is 30.3 Å². The van der Waals surface area contributed by atoms with Crippen molar-refractivity contribution in [1.29, 1.82) is 0 Å². The van der Waals surface area contributed by atoms with Gasteiger partial charge in [0.15, 0.2) is 16.1 Å². The van der Waals surface area contributed by atoms with Gasteiger partial charge in [0, 0.05) is 40.1 Å². The molecule has 160 valence electrons. The summed E-state index contributed by atoms with van der Waals surface area (Å²) in [5.41, 5.74) is 0. The van der Waals surface area contributed by atoms with Crippen LogP contribution in [0.2, 0.25) is 0 Å². The van der Waals surface area contributed by atoms with Crippen LogP contribution in [-0.4, -0.2) is 83.0 Å². The van der Waals surface area contributed by atoms with Crippen molar-refractivity contribution in [2.45, 2.75) is 48.4 Å². The van der Waals surface area contributed by atoms with Crippen molar-refractivity contribution < 1.29 is 37.6 Å². The lowest BCUT2D eigenvalue weighted by atomic mass is 9.94. The first-order chi connectivity index (χ1) is 13.4. The van der Waals surface area contributed by atoms with E-state index in [4.69, 9.17) is 24.1 Å². The van der Waals surface area contributed by atoms with Gasteiger partial charge in [-0.2, -0.15) is 0 Å². The third kappa shape index (κ3) is 5.73. The van der Waals surface area contributed by atoms with Crippen LogP contribution in [0.5, 0.6) is 0 Å². The first kappa shape index (κ1) is 23.2. The van der Waals surface area contributed by atoms with Crippen LogP contribution in [0.25, 0.3) is 0 Å². The molecule has 0 aliphatic carbocycles. The maximum Gasteiger partial charge on any atom is 0.178 e. The number of methoxy groups -OCH3 is 3. The van der Waals surface area contributed by atoms with Gasteiger partial charge in [0.05, 0.1) is 41.7 Å². The quantitative estimate of drug-likeness (QED) is 0.503. The normalized spacial score (nSPS) is 26.6. The molecule has 0 bridgehead atoms. The van der Waals surface area contributed by atoms with E-state index >= 15 is 0 Å². The predicted molar refractivity (Wildman–Crippen MR) is 102 cm³/mol. The molecule has 1 unspecified atom stereocenters. The van der Waals surface area contributed by atoms with Crippen LogP contribution in [0, 0.1) is 5.92 Å². The van der Waals surface area contributed by atoms with Crippen LogP contribution in [0.1, 0.15) is 12.8 Å².